The fraction of sp³-hybridized carbons (Fsp3) is 0.0417. The van der Waals surface area contributed by atoms with Crippen LogP contribution in [0.3, 0.4) is 0 Å². The zero-order chi connectivity index (χ0) is 22.7. The number of anilines is 1. The van der Waals surface area contributed by atoms with Gasteiger partial charge < -0.3 is 9.84 Å². The van der Waals surface area contributed by atoms with E-state index < -0.39 is 16.0 Å². The van der Waals surface area contributed by atoms with E-state index in [9.17, 15) is 13.2 Å². The minimum atomic E-state index is -3.89. The number of thiophene rings is 1. The Hall–Kier alpha value is -3.62. The number of carbonyl (C=O) groups is 1. The summed E-state index contributed by atoms with van der Waals surface area (Å²) in [5.74, 6) is -1.00. The zero-order valence-electron chi connectivity index (χ0n) is 17.0. The van der Waals surface area contributed by atoms with Gasteiger partial charge in [-0.2, -0.15) is 0 Å². The summed E-state index contributed by atoms with van der Waals surface area (Å²) in [7, 11) is -2.54. The van der Waals surface area contributed by atoms with Gasteiger partial charge in [-0.3, -0.25) is 4.72 Å². The van der Waals surface area contributed by atoms with Crippen LogP contribution in [0, 0.1) is 0 Å². The molecule has 32 heavy (non-hydrogen) atoms. The smallest absolute Gasteiger partial charge is 0.335 e. The van der Waals surface area contributed by atoms with Crippen molar-refractivity contribution in [2.45, 2.75) is 4.21 Å². The summed E-state index contributed by atoms with van der Waals surface area (Å²) >= 11 is 1.15. The van der Waals surface area contributed by atoms with E-state index in [4.69, 9.17) is 9.84 Å². The number of hydrogen-bond acceptors (Lipinski definition) is 5. The molecule has 0 atom stereocenters. The molecule has 0 amide bonds. The minimum absolute atomic E-state index is 0.00139. The van der Waals surface area contributed by atoms with Crippen LogP contribution < -0.4 is 9.46 Å². The Morgan fingerprint density at radius 1 is 0.875 bits per heavy atom. The molecule has 0 aliphatic rings. The molecule has 6 nitrogen and oxygen atoms in total. The molecule has 3 aromatic carbocycles. The Morgan fingerprint density at radius 2 is 1.59 bits per heavy atom. The number of aromatic carboxylic acids is 1. The molecule has 0 fully saturated rings. The van der Waals surface area contributed by atoms with Gasteiger partial charge in [-0.05, 0) is 53.1 Å². The highest BCUT2D eigenvalue weighted by Gasteiger charge is 2.20. The molecular weight excluding hydrogens is 446 g/mol. The first kappa shape index (κ1) is 21.6. The fourth-order valence-corrected chi connectivity index (χ4v) is 5.58. The van der Waals surface area contributed by atoms with E-state index in [1.807, 2.05) is 54.6 Å². The topological polar surface area (TPSA) is 92.7 Å². The highest BCUT2D eigenvalue weighted by atomic mass is 32.2. The molecule has 0 radical (unpaired) electrons. The molecule has 1 aromatic heterocycles. The van der Waals surface area contributed by atoms with Crippen molar-refractivity contribution in [3.63, 3.8) is 0 Å². The maximum absolute atomic E-state index is 12.9. The lowest BCUT2D eigenvalue weighted by molar-refractivity contribution is 0.0696. The van der Waals surface area contributed by atoms with Crippen molar-refractivity contribution in [2.75, 3.05) is 11.8 Å². The van der Waals surface area contributed by atoms with Gasteiger partial charge in [-0.15, -0.1) is 11.3 Å². The zero-order valence-corrected chi connectivity index (χ0v) is 18.6. The lowest BCUT2D eigenvalue weighted by atomic mass is 10.0. The van der Waals surface area contributed by atoms with Crippen LogP contribution in [0.1, 0.15) is 10.4 Å². The second kappa shape index (κ2) is 8.86. The third-order valence-electron chi connectivity index (χ3n) is 4.79. The van der Waals surface area contributed by atoms with Crippen LogP contribution in [0.4, 0.5) is 5.69 Å². The summed E-state index contributed by atoms with van der Waals surface area (Å²) in [6, 6.07) is 25.2. The predicted octanol–water partition coefficient (Wildman–Crippen LogP) is 5.59. The lowest BCUT2D eigenvalue weighted by Gasteiger charge is -2.11. The molecule has 0 saturated carbocycles. The van der Waals surface area contributed by atoms with Gasteiger partial charge in [0.05, 0.1) is 18.4 Å². The van der Waals surface area contributed by atoms with Gasteiger partial charge in [0.2, 0.25) is 0 Å². The molecule has 162 valence electrons. The number of carboxylic acids is 1. The van der Waals surface area contributed by atoms with E-state index in [-0.39, 0.29) is 21.2 Å². The van der Waals surface area contributed by atoms with Crippen LogP contribution in [0.5, 0.6) is 5.75 Å². The van der Waals surface area contributed by atoms with Gasteiger partial charge >= 0.3 is 5.97 Å². The van der Waals surface area contributed by atoms with Gasteiger partial charge in [0.15, 0.2) is 0 Å². The van der Waals surface area contributed by atoms with E-state index in [0.29, 0.717) is 0 Å². The summed E-state index contributed by atoms with van der Waals surface area (Å²) in [5.41, 5.74) is 3.21. The van der Waals surface area contributed by atoms with Gasteiger partial charge in [0.25, 0.3) is 10.0 Å². The first-order valence-electron chi connectivity index (χ1n) is 9.57. The number of sulfonamides is 1. The maximum Gasteiger partial charge on any atom is 0.335 e. The van der Waals surface area contributed by atoms with Crippen molar-refractivity contribution in [3.8, 4) is 27.3 Å². The van der Waals surface area contributed by atoms with Crippen molar-refractivity contribution >= 4 is 33.0 Å². The second-order valence-electron chi connectivity index (χ2n) is 6.89. The Morgan fingerprint density at radius 3 is 2.31 bits per heavy atom. The number of carboxylic acid groups (broad SMARTS) is 1. The molecule has 0 aliphatic heterocycles. The average molecular weight is 466 g/mol. The third-order valence-corrected chi connectivity index (χ3v) is 7.78. The number of methoxy groups -OCH3 is 1. The van der Waals surface area contributed by atoms with Crippen LogP contribution in [0.2, 0.25) is 0 Å². The predicted molar refractivity (Wildman–Crippen MR) is 126 cm³/mol. The molecular formula is C24H19NO5S2. The van der Waals surface area contributed by atoms with Gasteiger partial charge in [-0.1, -0.05) is 48.5 Å². The normalized spacial score (nSPS) is 11.2. The second-order valence-corrected chi connectivity index (χ2v) is 9.88. The van der Waals surface area contributed by atoms with E-state index in [0.717, 1.165) is 32.9 Å². The minimum Gasteiger partial charge on any atom is -0.495 e. The summed E-state index contributed by atoms with van der Waals surface area (Å²) in [5, 5.41) is 9.12. The van der Waals surface area contributed by atoms with Gasteiger partial charge in [0.1, 0.15) is 9.96 Å². The highest BCUT2D eigenvalue weighted by molar-refractivity contribution is 7.94. The Bertz CT molecular complexity index is 1380. The first-order chi connectivity index (χ1) is 15.4. The molecule has 0 spiro atoms. The lowest BCUT2D eigenvalue weighted by Crippen LogP contribution is -2.12. The molecule has 0 bridgehead atoms. The van der Waals surface area contributed by atoms with Crippen molar-refractivity contribution < 1.29 is 23.1 Å². The Balaban J connectivity index is 1.62. The molecule has 0 unspecified atom stereocenters. The van der Waals surface area contributed by atoms with Gasteiger partial charge in [0, 0.05) is 4.88 Å². The molecule has 0 aliphatic carbocycles. The maximum atomic E-state index is 12.9. The van der Waals surface area contributed by atoms with E-state index in [1.165, 1.54) is 25.3 Å². The van der Waals surface area contributed by atoms with Crippen LogP contribution in [0.15, 0.2) is 89.1 Å². The SMILES string of the molecule is COc1cc(C(=O)O)ccc1NS(=O)(=O)c1ccc(-c2cccc(-c3ccccc3)c2)s1. The number of benzene rings is 3. The van der Waals surface area contributed by atoms with Crippen molar-refractivity contribution in [1.82, 2.24) is 0 Å². The number of hydrogen-bond donors (Lipinski definition) is 2. The largest absolute Gasteiger partial charge is 0.495 e. The van der Waals surface area contributed by atoms with Crippen LogP contribution in [-0.2, 0) is 10.0 Å². The van der Waals surface area contributed by atoms with E-state index in [2.05, 4.69) is 4.72 Å². The van der Waals surface area contributed by atoms with Crippen molar-refractivity contribution in [1.29, 1.82) is 0 Å². The summed E-state index contributed by atoms with van der Waals surface area (Å²) in [6.07, 6.45) is 0. The summed E-state index contributed by atoms with van der Waals surface area (Å²) in [4.78, 5) is 12.0. The molecule has 8 heteroatoms. The van der Waals surface area contributed by atoms with E-state index >= 15 is 0 Å². The van der Waals surface area contributed by atoms with E-state index in [1.54, 1.807) is 12.1 Å². The molecule has 2 N–H and O–H groups in total. The Labute approximate surface area is 189 Å². The van der Waals surface area contributed by atoms with Crippen LogP contribution in [0.25, 0.3) is 21.6 Å². The summed E-state index contributed by atoms with van der Waals surface area (Å²) in [6.45, 7) is 0. The fourth-order valence-electron chi connectivity index (χ4n) is 3.21. The number of ether oxygens (including phenoxy) is 1. The standard InChI is InChI=1S/C24H19NO5S2/c1-30-21-15-19(24(26)27)10-11-20(21)25-32(28,29)23-13-12-22(31-23)18-9-5-8-17(14-18)16-6-3-2-4-7-16/h2-15,25H,1H3,(H,26,27). The number of nitrogens with one attached hydrogen (secondary N) is 1. The van der Waals surface area contributed by atoms with Crippen molar-refractivity contribution in [3.05, 3.63) is 90.5 Å². The average Bonchev–Trinajstić information content (AvgIpc) is 3.31. The van der Waals surface area contributed by atoms with Crippen LogP contribution in [-0.4, -0.2) is 26.6 Å². The van der Waals surface area contributed by atoms with Crippen molar-refractivity contribution in [2.24, 2.45) is 0 Å². The summed E-state index contributed by atoms with van der Waals surface area (Å²) < 4.78 is 33.7. The molecule has 4 aromatic rings. The molecule has 1 heterocycles. The van der Waals surface area contributed by atoms with Crippen LogP contribution >= 0.6 is 11.3 Å². The quantitative estimate of drug-likeness (QED) is 0.371. The molecule has 0 saturated heterocycles. The third kappa shape index (κ3) is 4.51. The molecule has 4 rings (SSSR count). The first-order valence-corrected chi connectivity index (χ1v) is 11.9. The monoisotopic (exact) mass is 465 g/mol. The van der Waals surface area contributed by atoms with Gasteiger partial charge in [-0.25, -0.2) is 13.2 Å². The number of rotatable bonds is 7. The Kier molecular flexibility index (Phi) is 5.98. The highest BCUT2D eigenvalue weighted by Crippen LogP contribution is 2.35.